The zero-order valence-corrected chi connectivity index (χ0v) is 9.72. The highest BCUT2D eigenvalue weighted by atomic mass is 19.3. The normalized spacial score (nSPS) is 16.7. The molecule has 0 aromatic heterocycles. The van der Waals surface area contributed by atoms with E-state index in [1.807, 2.05) is 14.1 Å². The summed E-state index contributed by atoms with van der Waals surface area (Å²) >= 11 is 0. The molecule has 0 amide bonds. The summed E-state index contributed by atoms with van der Waals surface area (Å²) in [4.78, 5) is 2.07. The summed E-state index contributed by atoms with van der Waals surface area (Å²) in [5.41, 5.74) is 0. The van der Waals surface area contributed by atoms with Crippen molar-refractivity contribution in [2.45, 2.75) is 39.3 Å². The molecule has 1 N–H and O–H groups in total. The predicted molar refractivity (Wildman–Crippen MR) is 55.8 cm³/mol. The maximum absolute atomic E-state index is 12.2. The Hall–Kier alpha value is -0.220. The number of nitrogens with zero attached hydrogens (tertiary/aromatic N) is 1. The number of alkyl halides is 2. The lowest BCUT2D eigenvalue weighted by molar-refractivity contribution is 0.0987. The second kappa shape index (κ2) is 6.30. The molecule has 86 valence electrons. The van der Waals surface area contributed by atoms with Gasteiger partial charge in [-0.1, -0.05) is 13.8 Å². The molecule has 0 spiro atoms. The summed E-state index contributed by atoms with van der Waals surface area (Å²) in [6.07, 6.45) is -2.29. The molecule has 0 rings (SSSR count). The smallest absolute Gasteiger partial charge is 0.253 e. The molecule has 2 nitrogen and oxygen atoms in total. The molecule has 0 aliphatic heterocycles. The third-order valence-corrected chi connectivity index (χ3v) is 2.46. The van der Waals surface area contributed by atoms with E-state index in [1.165, 1.54) is 6.92 Å². The minimum Gasteiger partial charge on any atom is -0.308 e. The van der Waals surface area contributed by atoms with E-state index in [-0.39, 0.29) is 0 Å². The number of nitrogens with one attached hydrogen (secondary N) is 1. The van der Waals surface area contributed by atoms with E-state index in [4.69, 9.17) is 0 Å². The van der Waals surface area contributed by atoms with Crippen LogP contribution in [-0.2, 0) is 0 Å². The Morgan fingerprint density at radius 3 is 1.93 bits per heavy atom. The number of halogens is 2. The molecular formula is C10H22F2N2. The number of rotatable bonds is 6. The summed E-state index contributed by atoms with van der Waals surface area (Å²) < 4.78 is 24.4. The quantitative estimate of drug-likeness (QED) is 0.716. The summed E-state index contributed by atoms with van der Waals surface area (Å²) in [5.74, 6) is 0.461. The van der Waals surface area contributed by atoms with Crippen molar-refractivity contribution in [1.82, 2.24) is 10.2 Å². The van der Waals surface area contributed by atoms with E-state index in [0.717, 1.165) is 0 Å². The van der Waals surface area contributed by atoms with Gasteiger partial charge in [0.15, 0.2) is 0 Å². The zero-order chi connectivity index (χ0) is 11.3. The molecule has 0 saturated carbocycles. The maximum atomic E-state index is 12.2. The van der Waals surface area contributed by atoms with Gasteiger partial charge in [-0.2, -0.15) is 0 Å². The third kappa shape index (κ3) is 4.86. The number of hydrogen-bond acceptors (Lipinski definition) is 2. The highest BCUT2D eigenvalue weighted by Gasteiger charge is 2.19. The molecule has 2 atom stereocenters. The van der Waals surface area contributed by atoms with Crippen LogP contribution in [0.5, 0.6) is 0 Å². The summed E-state index contributed by atoms with van der Waals surface area (Å²) in [6.45, 7) is 6.31. The summed E-state index contributed by atoms with van der Waals surface area (Å²) in [7, 11) is 3.94. The highest BCUT2D eigenvalue weighted by molar-refractivity contribution is 4.75. The van der Waals surface area contributed by atoms with Crippen LogP contribution >= 0.6 is 0 Å². The minimum atomic E-state index is -2.29. The fourth-order valence-corrected chi connectivity index (χ4v) is 1.41. The maximum Gasteiger partial charge on any atom is 0.253 e. The summed E-state index contributed by atoms with van der Waals surface area (Å²) in [6, 6.07) is -0.424. The van der Waals surface area contributed by atoms with Gasteiger partial charge < -0.3 is 10.2 Å². The molecule has 0 bridgehead atoms. The van der Waals surface area contributed by atoms with Crippen LogP contribution in [0.25, 0.3) is 0 Å². The third-order valence-electron chi connectivity index (χ3n) is 2.46. The van der Waals surface area contributed by atoms with Crippen molar-refractivity contribution in [2.24, 2.45) is 5.92 Å². The standard InChI is InChI=1S/C10H22F2N2/c1-7(2)9(14(4)5)6-13-8(3)10(11)12/h7-10,13H,6H2,1-5H3. The van der Waals surface area contributed by atoms with Crippen molar-refractivity contribution >= 4 is 0 Å². The molecule has 0 aliphatic carbocycles. The van der Waals surface area contributed by atoms with Crippen LogP contribution in [0.2, 0.25) is 0 Å². The first kappa shape index (κ1) is 13.8. The largest absolute Gasteiger partial charge is 0.308 e. The average molecular weight is 208 g/mol. The molecular weight excluding hydrogens is 186 g/mol. The van der Waals surface area contributed by atoms with Crippen LogP contribution < -0.4 is 5.32 Å². The Balaban J connectivity index is 3.94. The van der Waals surface area contributed by atoms with E-state index in [1.54, 1.807) is 0 Å². The first-order valence-electron chi connectivity index (χ1n) is 5.04. The van der Waals surface area contributed by atoms with E-state index in [9.17, 15) is 8.78 Å². The lowest BCUT2D eigenvalue weighted by Crippen LogP contribution is -2.45. The van der Waals surface area contributed by atoms with Crippen molar-refractivity contribution in [3.05, 3.63) is 0 Å². The SMILES string of the molecule is CC(C)C(CNC(C)C(F)F)N(C)C. The topological polar surface area (TPSA) is 15.3 Å². The zero-order valence-electron chi connectivity index (χ0n) is 9.72. The van der Waals surface area contributed by atoms with Gasteiger partial charge in [0, 0.05) is 12.6 Å². The Kier molecular flexibility index (Phi) is 6.20. The van der Waals surface area contributed by atoms with Crippen molar-refractivity contribution in [3.8, 4) is 0 Å². The Morgan fingerprint density at radius 2 is 1.64 bits per heavy atom. The molecule has 4 heteroatoms. The predicted octanol–water partition coefficient (Wildman–Crippen LogP) is 1.82. The van der Waals surface area contributed by atoms with Crippen LogP contribution in [-0.4, -0.2) is 44.0 Å². The van der Waals surface area contributed by atoms with Crippen LogP contribution in [0.1, 0.15) is 20.8 Å². The molecule has 0 aliphatic rings. The van der Waals surface area contributed by atoms with E-state index in [0.29, 0.717) is 18.5 Å². The molecule has 14 heavy (non-hydrogen) atoms. The summed E-state index contributed by atoms with van der Waals surface area (Å²) in [5, 5.41) is 2.85. The first-order chi connectivity index (χ1) is 6.36. The molecule has 0 saturated heterocycles. The van der Waals surface area contributed by atoms with Gasteiger partial charge in [0.25, 0.3) is 6.43 Å². The highest BCUT2D eigenvalue weighted by Crippen LogP contribution is 2.07. The van der Waals surface area contributed by atoms with E-state index < -0.39 is 12.5 Å². The molecule has 0 heterocycles. The minimum absolute atomic E-state index is 0.302. The van der Waals surface area contributed by atoms with Gasteiger partial charge in [-0.3, -0.25) is 0 Å². The molecule has 0 radical (unpaired) electrons. The Bertz CT molecular complexity index is 141. The Morgan fingerprint density at radius 1 is 1.14 bits per heavy atom. The van der Waals surface area contributed by atoms with Gasteiger partial charge in [-0.05, 0) is 26.9 Å². The van der Waals surface area contributed by atoms with Crippen LogP contribution in [0.4, 0.5) is 8.78 Å². The second-order valence-electron chi connectivity index (χ2n) is 4.31. The van der Waals surface area contributed by atoms with Gasteiger partial charge in [0.1, 0.15) is 0 Å². The van der Waals surface area contributed by atoms with Crippen LogP contribution in [0, 0.1) is 5.92 Å². The average Bonchev–Trinajstić information content (AvgIpc) is 2.02. The molecule has 2 unspecified atom stereocenters. The lowest BCUT2D eigenvalue weighted by Gasteiger charge is -2.29. The van der Waals surface area contributed by atoms with Gasteiger partial charge >= 0.3 is 0 Å². The van der Waals surface area contributed by atoms with Crippen molar-refractivity contribution in [2.75, 3.05) is 20.6 Å². The molecule has 0 fully saturated rings. The van der Waals surface area contributed by atoms with Crippen molar-refractivity contribution in [1.29, 1.82) is 0 Å². The Labute approximate surface area is 85.7 Å². The first-order valence-corrected chi connectivity index (χ1v) is 5.04. The lowest BCUT2D eigenvalue weighted by atomic mass is 10.0. The van der Waals surface area contributed by atoms with Gasteiger partial charge in [0.2, 0.25) is 0 Å². The van der Waals surface area contributed by atoms with Gasteiger partial charge in [-0.15, -0.1) is 0 Å². The van der Waals surface area contributed by atoms with Gasteiger partial charge in [-0.25, -0.2) is 8.78 Å². The molecule has 0 aromatic carbocycles. The van der Waals surface area contributed by atoms with E-state index in [2.05, 4.69) is 24.1 Å². The molecule has 0 aromatic rings. The monoisotopic (exact) mass is 208 g/mol. The van der Waals surface area contributed by atoms with Crippen LogP contribution in [0.15, 0.2) is 0 Å². The number of hydrogen-bond donors (Lipinski definition) is 1. The van der Waals surface area contributed by atoms with Crippen molar-refractivity contribution in [3.63, 3.8) is 0 Å². The van der Waals surface area contributed by atoms with Gasteiger partial charge in [0.05, 0.1) is 6.04 Å². The fraction of sp³-hybridized carbons (Fsp3) is 1.00. The van der Waals surface area contributed by atoms with Crippen molar-refractivity contribution < 1.29 is 8.78 Å². The van der Waals surface area contributed by atoms with E-state index >= 15 is 0 Å². The number of likely N-dealkylation sites (N-methyl/N-ethyl adjacent to an activating group) is 1. The van der Waals surface area contributed by atoms with Crippen LogP contribution in [0.3, 0.4) is 0 Å². The fourth-order valence-electron chi connectivity index (χ4n) is 1.41. The second-order valence-corrected chi connectivity index (χ2v) is 4.31.